The van der Waals surface area contributed by atoms with E-state index in [2.05, 4.69) is 17.0 Å². The summed E-state index contributed by atoms with van der Waals surface area (Å²) in [6, 6.07) is 7.52. The van der Waals surface area contributed by atoms with Crippen molar-refractivity contribution in [3.05, 3.63) is 42.0 Å². The molecule has 0 heterocycles. The van der Waals surface area contributed by atoms with Crippen LogP contribution in [0, 0.1) is 0 Å². The van der Waals surface area contributed by atoms with Crippen LogP contribution in [0.25, 0.3) is 6.08 Å². The largest absolute Gasteiger partial charge is 0.480 e. The number of carbonyl (C=O) groups is 1. The SMILES string of the molecule is C=Cc1ccccc1/C=N/N(CC(=O)O)C(=S)NC. The molecule has 1 aromatic rings. The second kappa shape index (κ2) is 7.27. The number of thiocarbonyl (C=S) groups is 1. The van der Waals surface area contributed by atoms with Crippen LogP contribution in [0.4, 0.5) is 0 Å². The molecule has 0 fully saturated rings. The molecule has 0 amide bonds. The predicted molar refractivity (Wildman–Crippen MR) is 80.1 cm³/mol. The van der Waals surface area contributed by atoms with Crippen molar-refractivity contribution in [1.82, 2.24) is 10.3 Å². The van der Waals surface area contributed by atoms with Crippen LogP contribution in [0.3, 0.4) is 0 Å². The fourth-order valence-electron chi connectivity index (χ4n) is 1.37. The van der Waals surface area contributed by atoms with E-state index in [0.29, 0.717) is 0 Å². The normalized spacial score (nSPS) is 10.2. The molecule has 0 atom stereocenters. The molecule has 1 rings (SSSR count). The van der Waals surface area contributed by atoms with E-state index >= 15 is 0 Å². The quantitative estimate of drug-likeness (QED) is 0.486. The average Bonchev–Trinajstić information content (AvgIpc) is 2.42. The van der Waals surface area contributed by atoms with Gasteiger partial charge in [-0.2, -0.15) is 5.10 Å². The lowest BCUT2D eigenvalue weighted by Gasteiger charge is -2.16. The zero-order valence-corrected chi connectivity index (χ0v) is 11.4. The van der Waals surface area contributed by atoms with E-state index in [0.717, 1.165) is 11.1 Å². The van der Waals surface area contributed by atoms with Crippen molar-refractivity contribution in [3.8, 4) is 0 Å². The van der Waals surface area contributed by atoms with Crippen molar-refractivity contribution >= 4 is 35.6 Å². The Morgan fingerprint density at radius 2 is 2.16 bits per heavy atom. The van der Waals surface area contributed by atoms with Crippen molar-refractivity contribution in [2.45, 2.75) is 0 Å². The summed E-state index contributed by atoms with van der Waals surface area (Å²) >= 11 is 4.99. The first-order chi connectivity index (χ1) is 9.08. The fourth-order valence-corrected chi connectivity index (χ4v) is 1.48. The number of hydrogen-bond acceptors (Lipinski definition) is 3. The summed E-state index contributed by atoms with van der Waals surface area (Å²) in [4.78, 5) is 10.7. The van der Waals surface area contributed by atoms with E-state index in [9.17, 15) is 4.79 Å². The van der Waals surface area contributed by atoms with Crippen LogP contribution in [0.5, 0.6) is 0 Å². The van der Waals surface area contributed by atoms with Crippen molar-refractivity contribution in [3.63, 3.8) is 0 Å². The van der Waals surface area contributed by atoms with Crippen LogP contribution in [-0.4, -0.2) is 41.0 Å². The van der Waals surface area contributed by atoms with Gasteiger partial charge in [0.05, 0.1) is 6.21 Å². The minimum absolute atomic E-state index is 0.245. The molecule has 2 N–H and O–H groups in total. The van der Waals surface area contributed by atoms with Gasteiger partial charge in [0.15, 0.2) is 5.11 Å². The first kappa shape index (κ1) is 14.8. The highest BCUT2D eigenvalue weighted by Gasteiger charge is 2.10. The Balaban J connectivity index is 2.94. The lowest BCUT2D eigenvalue weighted by molar-refractivity contribution is -0.137. The zero-order chi connectivity index (χ0) is 14.3. The molecular formula is C13H15N3O2S. The molecular weight excluding hydrogens is 262 g/mol. The van der Waals surface area contributed by atoms with E-state index in [1.807, 2.05) is 24.3 Å². The number of aliphatic carboxylic acids is 1. The van der Waals surface area contributed by atoms with Gasteiger partial charge in [-0.05, 0) is 17.8 Å². The van der Waals surface area contributed by atoms with Crippen LogP contribution in [-0.2, 0) is 4.79 Å². The molecule has 0 aliphatic heterocycles. The summed E-state index contributed by atoms with van der Waals surface area (Å²) in [6.45, 7) is 3.41. The Labute approximate surface area is 117 Å². The Morgan fingerprint density at radius 1 is 1.53 bits per heavy atom. The van der Waals surface area contributed by atoms with Crippen LogP contribution >= 0.6 is 12.2 Å². The standard InChI is InChI=1S/C13H15N3O2S/c1-3-10-6-4-5-7-11(10)8-15-16(9-12(17)18)13(19)14-2/h3-8H,1,9H2,2H3,(H,14,19)(H,17,18)/b15-8+. The van der Waals surface area contributed by atoms with Gasteiger partial charge in [0, 0.05) is 12.6 Å². The lowest BCUT2D eigenvalue weighted by atomic mass is 10.1. The highest BCUT2D eigenvalue weighted by Crippen LogP contribution is 2.07. The van der Waals surface area contributed by atoms with E-state index in [-0.39, 0.29) is 11.7 Å². The molecule has 100 valence electrons. The van der Waals surface area contributed by atoms with E-state index < -0.39 is 5.97 Å². The summed E-state index contributed by atoms with van der Waals surface area (Å²) in [5, 5.41) is 17.0. The molecule has 1 aromatic carbocycles. The molecule has 0 radical (unpaired) electrons. The molecule has 5 nitrogen and oxygen atoms in total. The summed E-state index contributed by atoms with van der Waals surface area (Å²) in [7, 11) is 1.62. The number of hydrogen-bond donors (Lipinski definition) is 2. The monoisotopic (exact) mass is 277 g/mol. The van der Waals surface area contributed by atoms with Crippen molar-refractivity contribution in [2.75, 3.05) is 13.6 Å². The molecule has 0 aliphatic rings. The molecule has 6 heteroatoms. The Morgan fingerprint density at radius 3 is 2.68 bits per heavy atom. The third-order valence-corrected chi connectivity index (χ3v) is 2.70. The number of benzene rings is 1. The zero-order valence-electron chi connectivity index (χ0n) is 10.5. The Kier molecular flexibility index (Phi) is 5.69. The first-order valence-corrected chi connectivity index (χ1v) is 5.95. The molecule has 0 saturated heterocycles. The maximum Gasteiger partial charge on any atom is 0.325 e. The number of carboxylic acids is 1. The van der Waals surface area contributed by atoms with Gasteiger partial charge in [0.25, 0.3) is 0 Å². The van der Waals surface area contributed by atoms with Crippen LogP contribution in [0.1, 0.15) is 11.1 Å². The van der Waals surface area contributed by atoms with Gasteiger partial charge in [-0.1, -0.05) is 36.9 Å². The van der Waals surface area contributed by atoms with Crippen LogP contribution < -0.4 is 5.32 Å². The third kappa shape index (κ3) is 4.51. The van der Waals surface area contributed by atoms with Gasteiger partial charge in [-0.25, -0.2) is 5.01 Å². The second-order valence-corrected chi connectivity index (χ2v) is 3.97. The van der Waals surface area contributed by atoms with Gasteiger partial charge < -0.3 is 10.4 Å². The van der Waals surface area contributed by atoms with Gasteiger partial charge in [-0.3, -0.25) is 4.79 Å². The number of hydrazone groups is 1. The molecule has 0 saturated carbocycles. The highest BCUT2D eigenvalue weighted by atomic mass is 32.1. The maximum atomic E-state index is 10.7. The van der Waals surface area contributed by atoms with Crippen molar-refractivity contribution < 1.29 is 9.90 Å². The summed E-state index contributed by atoms with van der Waals surface area (Å²) in [5.74, 6) is -1.01. The molecule has 0 spiro atoms. The third-order valence-electron chi connectivity index (χ3n) is 2.29. The number of nitrogens with one attached hydrogen (secondary N) is 1. The minimum Gasteiger partial charge on any atom is -0.480 e. The van der Waals surface area contributed by atoms with Gasteiger partial charge in [0.1, 0.15) is 6.54 Å². The fraction of sp³-hybridized carbons (Fsp3) is 0.154. The number of carboxylic acid groups (broad SMARTS) is 1. The van der Waals surface area contributed by atoms with Crippen LogP contribution in [0.2, 0.25) is 0 Å². The average molecular weight is 277 g/mol. The number of rotatable bonds is 5. The Hall–Kier alpha value is -2.21. The summed E-state index contributed by atoms with van der Waals surface area (Å²) < 4.78 is 0. The molecule has 0 aromatic heterocycles. The molecule has 0 bridgehead atoms. The van der Waals surface area contributed by atoms with Crippen molar-refractivity contribution in [2.24, 2.45) is 5.10 Å². The predicted octanol–water partition coefficient (Wildman–Crippen LogP) is 1.55. The van der Waals surface area contributed by atoms with Gasteiger partial charge in [-0.15, -0.1) is 0 Å². The smallest absolute Gasteiger partial charge is 0.325 e. The molecule has 0 aliphatic carbocycles. The number of nitrogens with zero attached hydrogens (tertiary/aromatic N) is 2. The van der Waals surface area contributed by atoms with E-state index in [1.54, 1.807) is 19.3 Å². The molecule has 19 heavy (non-hydrogen) atoms. The van der Waals surface area contributed by atoms with Crippen LogP contribution in [0.15, 0.2) is 35.9 Å². The molecule has 0 unspecified atom stereocenters. The summed E-state index contributed by atoms with van der Waals surface area (Å²) in [6.07, 6.45) is 3.27. The lowest BCUT2D eigenvalue weighted by Crippen LogP contribution is -2.37. The van der Waals surface area contributed by atoms with E-state index in [1.165, 1.54) is 5.01 Å². The van der Waals surface area contributed by atoms with Crippen molar-refractivity contribution in [1.29, 1.82) is 0 Å². The van der Waals surface area contributed by atoms with Gasteiger partial charge >= 0.3 is 5.97 Å². The topological polar surface area (TPSA) is 64.9 Å². The second-order valence-electron chi connectivity index (χ2n) is 3.58. The summed E-state index contributed by atoms with van der Waals surface area (Å²) in [5.41, 5.74) is 1.75. The highest BCUT2D eigenvalue weighted by molar-refractivity contribution is 7.80. The van der Waals surface area contributed by atoms with E-state index in [4.69, 9.17) is 17.3 Å². The Bertz CT molecular complexity index is 514. The van der Waals surface area contributed by atoms with Gasteiger partial charge in [0.2, 0.25) is 0 Å². The minimum atomic E-state index is -1.01. The first-order valence-electron chi connectivity index (χ1n) is 5.55. The maximum absolute atomic E-state index is 10.7.